The third-order valence-electron chi connectivity index (χ3n) is 5.60. The van der Waals surface area contributed by atoms with Crippen molar-refractivity contribution in [2.45, 2.75) is 19.4 Å². The standard InChI is InChI=1S/C27H27N5O4/c1-3-36-27(34)32(2)24(16-18-7-6-9-20(15-18)25(29)31-35)26(33)30-22-13-11-19(12-14-22)23-10-5-4-8-21(23)17-28/h4-15,24,35H,3,16H2,1-2H3,(H2,29,31)(H,30,33). The predicted octanol–water partition coefficient (Wildman–Crippen LogP) is 3.96. The molecule has 4 N–H and O–H groups in total. The first-order valence-corrected chi connectivity index (χ1v) is 11.2. The molecule has 0 spiro atoms. The summed E-state index contributed by atoms with van der Waals surface area (Å²) in [7, 11) is 1.50. The molecular formula is C27H27N5O4. The van der Waals surface area contributed by atoms with E-state index in [1.54, 1.807) is 55.5 Å². The lowest BCUT2D eigenvalue weighted by atomic mass is 10.00. The van der Waals surface area contributed by atoms with E-state index in [9.17, 15) is 14.9 Å². The third kappa shape index (κ3) is 6.18. The van der Waals surface area contributed by atoms with Crippen LogP contribution in [0, 0.1) is 11.3 Å². The number of ether oxygens (including phenoxy) is 1. The summed E-state index contributed by atoms with van der Waals surface area (Å²) in [6, 6.07) is 22.5. The Morgan fingerprint density at radius 3 is 2.53 bits per heavy atom. The molecule has 0 aliphatic heterocycles. The number of likely N-dealkylation sites (N-methyl/N-ethyl adjacent to an activating group) is 1. The van der Waals surface area contributed by atoms with Gasteiger partial charge in [0.1, 0.15) is 6.04 Å². The van der Waals surface area contributed by atoms with Crippen molar-refractivity contribution < 1.29 is 19.5 Å². The summed E-state index contributed by atoms with van der Waals surface area (Å²) in [5, 5.41) is 24.2. The number of nitrogens with two attached hydrogens (primary N) is 1. The minimum absolute atomic E-state index is 0.0605. The predicted molar refractivity (Wildman–Crippen MR) is 136 cm³/mol. The Hall–Kier alpha value is -4.84. The second kappa shape index (κ2) is 12.0. The Balaban J connectivity index is 1.84. The summed E-state index contributed by atoms with van der Waals surface area (Å²) in [6.07, 6.45) is -0.463. The summed E-state index contributed by atoms with van der Waals surface area (Å²) >= 11 is 0. The molecule has 2 amide bonds. The van der Waals surface area contributed by atoms with Crippen molar-refractivity contribution in [1.29, 1.82) is 5.26 Å². The highest BCUT2D eigenvalue weighted by atomic mass is 16.6. The van der Waals surface area contributed by atoms with Gasteiger partial charge >= 0.3 is 6.09 Å². The summed E-state index contributed by atoms with van der Waals surface area (Å²) in [5.41, 5.74) is 9.61. The highest BCUT2D eigenvalue weighted by molar-refractivity contribution is 5.98. The van der Waals surface area contributed by atoms with E-state index in [0.29, 0.717) is 22.4 Å². The van der Waals surface area contributed by atoms with Gasteiger partial charge in [-0.1, -0.05) is 53.7 Å². The molecule has 0 saturated carbocycles. The van der Waals surface area contributed by atoms with Gasteiger partial charge in [-0.05, 0) is 47.9 Å². The fourth-order valence-electron chi connectivity index (χ4n) is 3.69. The molecule has 3 aromatic rings. The zero-order chi connectivity index (χ0) is 26.1. The quantitative estimate of drug-likeness (QED) is 0.191. The van der Waals surface area contributed by atoms with E-state index in [0.717, 1.165) is 11.1 Å². The molecule has 0 aliphatic carbocycles. The van der Waals surface area contributed by atoms with Crippen LogP contribution in [-0.4, -0.2) is 47.6 Å². The lowest BCUT2D eigenvalue weighted by Crippen LogP contribution is -2.46. The molecule has 0 bridgehead atoms. The number of hydrogen-bond donors (Lipinski definition) is 3. The van der Waals surface area contributed by atoms with Crippen LogP contribution in [0.15, 0.2) is 78.0 Å². The van der Waals surface area contributed by atoms with E-state index in [1.807, 2.05) is 24.3 Å². The second-order valence-electron chi connectivity index (χ2n) is 7.94. The Kier molecular flexibility index (Phi) is 8.62. The molecule has 9 heteroatoms. The van der Waals surface area contributed by atoms with Gasteiger partial charge in [-0.2, -0.15) is 5.26 Å². The molecule has 0 saturated heterocycles. The van der Waals surface area contributed by atoms with Gasteiger partial charge in [0.05, 0.1) is 18.2 Å². The molecule has 0 aliphatic rings. The first-order chi connectivity index (χ1) is 17.4. The Labute approximate surface area is 209 Å². The first kappa shape index (κ1) is 25.8. The highest BCUT2D eigenvalue weighted by Gasteiger charge is 2.28. The van der Waals surface area contributed by atoms with Crippen LogP contribution in [0.5, 0.6) is 0 Å². The molecule has 36 heavy (non-hydrogen) atoms. The van der Waals surface area contributed by atoms with E-state index in [2.05, 4.69) is 16.5 Å². The van der Waals surface area contributed by atoms with Gasteiger partial charge in [-0.25, -0.2) is 4.79 Å². The molecule has 3 aromatic carbocycles. The highest BCUT2D eigenvalue weighted by Crippen LogP contribution is 2.25. The zero-order valence-electron chi connectivity index (χ0n) is 20.0. The van der Waals surface area contributed by atoms with Crippen molar-refractivity contribution >= 4 is 23.5 Å². The number of rotatable bonds is 8. The minimum atomic E-state index is -0.898. The topological polar surface area (TPSA) is 141 Å². The van der Waals surface area contributed by atoms with E-state index in [4.69, 9.17) is 15.7 Å². The first-order valence-electron chi connectivity index (χ1n) is 11.2. The Morgan fingerprint density at radius 1 is 1.14 bits per heavy atom. The van der Waals surface area contributed by atoms with Crippen LogP contribution < -0.4 is 11.1 Å². The number of carbonyl (C=O) groups excluding carboxylic acids is 2. The van der Waals surface area contributed by atoms with Crippen LogP contribution in [-0.2, 0) is 16.0 Å². The maximum atomic E-state index is 13.3. The SMILES string of the molecule is CCOC(=O)N(C)C(Cc1cccc(/C(N)=N/O)c1)C(=O)Nc1ccc(-c2ccccc2C#N)cc1. The minimum Gasteiger partial charge on any atom is -0.450 e. The molecule has 184 valence electrons. The number of carbonyl (C=O) groups is 2. The molecule has 1 unspecified atom stereocenters. The van der Waals surface area contributed by atoms with Gasteiger partial charge in [0.2, 0.25) is 5.91 Å². The molecular weight excluding hydrogens is 458 g/mol. The van der Waals surface area contributed by atoms with E-state index < -0.39 is 18.0 Å². The van der Waals surface area contributed by atoms with Crippen LogP contribution in [0.25, 0.3) is 11.1 Å². The number of anilines is 1. The average Bonchev–Trinajstić information content (AvgIpc) is 2.91. The number of benzene rings is 3. The van der Waals surface area contributed by atoms with E-state index >= 15 is 0 Å². The number of nitrogens with zero attached hydrogens (tertiary/aromatic N) is 3. The molecule has 3 rings (SSSR count). The van der Waals surface area contributed by atoms with Crippen LogP contribution in [0.4, 0.5) is 10.5 Å². The molecule has 0 aromatic heterocycles. The maximum absolute atomic E-state index is 13.3. The lowest BCUT2D eigenvalue weighted by Gasteiger charge is -2.27. The number of nitriles is 1. The van der Waals surface area contributed by atoms with E-state index in [1.165, 1.54) is 11.9 Å². The molecule has 0 radical (unpaired) electrons. The van der Waals surface area contributed by atoms with E-state index in [-0.39, 0.29) is 18.9 Å². The van der Waals surface area contributed by atoms with Crippen LogP contribution >= 0.6 is 0 Å². The fraction of sp³-hybridized carbons (Fsp3) is 0.185. The molecule has 9 nitrogen and oxygen atoms in total. The van der Waals surface area contributed by atoms with Crippen LogP contribution in [0.1, 0.15) is 23.6 Å². The number of oxime groups is 1. The fourth-order valence-corrected chi connectivity index (χ4v) is 3.69. The van der Waals surface area contributed by atoms with Gasteiger partial charge < -0.3 is 21.0 Å². The monoisotopic (exact) mass is 485 g/mol. The summed E-state index contributed by atoms with van der Waals surface area (Å²) in [5.74, 6) is -0.473. The number of nitrogens with one attached hydrogen (secondary N) is 1. The summed E-state index contributed by atoms with van der Waals surface area (Å²) in [4.78, 5) is 27.0. The number of hydrogen-bond acceptors (Lipinski definition) is 6. The van der Waals surface area contributed by atoms with Crippen molar-refractivity contribution in [1.82, 2.24) is 4.90 Å². The zero-order valence-corrected chi connectivity index (χ0v) is 20.0. The molecule has 0 heterocycles. The van der Waals surface area contributed by atoms with Crippen molar-refractivity contribution in [3.05, 3.63) is 89.5 Å². The molecule has 0 fully saturated rings. The van der Waals surface area contributed by atoms with Gasteiger partial charge in [0.15, 0.2) is 5.84 Å². The van der Waals surface area contributed by atoms with Crippen LogP contribution in [0.3, 0.4) is 0 Å². The Morgan fingerprint density at radius 2 is 1.86 bits per heavy atom. The lowest BCUT2D eigenvalue weighted by molar-refractivity contribution is -0.120. The largest absolute Gasteiger partial charge is 0.450 e. The van der Waals surface area contributed by atoms with Crippen molar-refractivity contribution in [2.75, 3.05) is 19.0 Å². The van der Waals surface area contributed by atoms with Crippen LogP contribution in [0.2, 0.25) is 0 Å². The second-order valence-corrected chi connectivity index (χ2v) is 7.94. The number of amides is 2. The van der Waals surface area contributed by atoms with Crippen molar-refractivity contribution in [2.24, 2.45) is 10.9 Å². The van der Waals surface area contributed by atoms with Crippen molar-refractivity contribution in [3.63, 3.8) is 0 Å². The van der Waals surface area contributed by atoms with Crippen molar-refractivity contribution in [3.8, 4) is 17.2 Å². The third-order valence-corrected chi connectivity index (χ3v) is 5.60. The normalized spacial score (nSPS) is 11.8. The summed E-state index contributed by atoms with van der Waals surface area (Å²) < 4.78 is 5.10. The van der Waals surface area contributed by atoms with Gasteiger partial charge in [-0.15, -0.1) is 0 Å². The van der Waals surface area contributed by atoms with Gasteiger partial charge in [0.25, 0.3) is 0 Å². The van der Waals surface area contributed by atoms with Gasteiger partial charge in [-0.3, -0.25) is 9.69 Å². The summed E-state index contributed by atoms with van der Waals surface area (Å²) in [6.45, 7) is 1.86. The van der Waals surface area contributed by atoms with Gasteiger partial charge in [0, 0.05) is 24.7 Å². The molecule has 1 atom stereocenters. The average molecular weight is 486 g/mol. The number of amidine groups is 1. The Bertz CT molecular complexity index is 1300. The smallest absolute Gasteiger partial charge is 0.410 e. The maximum Gasteiger partial charge on any atom is 0.410 e.